The van der Waals surface area contributed by atoms with Gasteiger partial charge in [0.25, 0.3) is 0 Å². The molecule has 0 aliphatic heterocycles. The van der Waals surface area contributed by atoms with Crippen molar-refractivity contribution in [3.05, 3.63) is 65.2 Å². The largest absolute Gasteiger partial charge is 0.326 e. The minimum Gasteiger partial charge on any atom is -0.326 e. The van der Waals surface area contributed by atoms with Crippen molar-refractivity contribution in [2.45, 2.75) is 69.8 Å². The van der Waals surface area contributed by atoms with Crippen molar-refractivity contribution in [2.75, 3.05) is 5.32 Å². The van der Waals surface area contributed by atoms with Crippen LogP contribution in [-0.4, -0.2) is 24.9 Å². The highest BCUT2D eigenvalue weighted by atomic mass is 32.2. The number of Topliss-reactive ketones (excluding diaryl/α,β-unsaturated/α-hetero) is 1. The number of ketones is 1. The normalized spacial score (nSPS) is 15.3. The molecule has 2 aromatic carbocycles. The average Bonchev–Trinajstić information content (AvgIpc) is 2.75. The van der Waals surface area contributed by atoms with E-state index in [1.807, 2.05) is 24.3 Å². The molecule has 0 saturated heterocycles. The number of hydrogen-bond donors (Lipinski definition) is 1. The maximum Gasteiger partial charge on any atom is 0.227 e. The van der Waals surface area contributed by atoms with E-state index in [0.29, 0.717) is 11.1 Å². The first kappa shape index (κ1) is 24.2. The van der Waals surface area contributed by atoms with Crippen molar-refractivity contribution < 1.29 is 18.0 Å². The number of sulfone groups is 1. The summed E-state index contributed by atoms with van der Waals surface area (Å²) in [4.78, 5) is 25.0. The molecule has 6 heteroatoms. The molecule has 32 heavy (non-hydrogen) atoms. The van der Waals surface area contributed by atoms with E-state index < -0.39 is 14.6 Å². The van der Waals surface area contributed by atoms with E-state index in [9.17, 15) is 18.0 Å². The van der Waals surface area contributed by atoms with Gasteiger partial charge < -0.3 is 5.32 Å². The lowest BCUT2D eigenvalue weighted by Gasteiger charge is -2.20. The SMILES string of the molecule is CC(C)(C)S(=O)(=O)Cc1ccc(C(=O)Cc2ccc(NC(=O)C3CCCCC3)cc2)cc1. The molecule has 1 fully saturated rings. The first-order chi connectivity index (χ1) is 15.0. The summed E-state index contributed by atoms with van der Waals surface area (Å²) in [6, 6.07) is 14.2. The summed E-state index contributed by atoms with van der Waals surface area (Å²) in [5.41, 5.74) is 2.84. The molecule has 1 N–H and O–H groups in total. The number of rotatable bonds is 7. The van der Waals surface area contributed by atoms with Gasteiger partial charge in [-0.3, -0.25) is 9.59 Å². The standard InChI is InChI=1S/C26H33NO4S/c1-26(2,3)32(30,31)18-20-9-13-21(14-10-20)24(28)17-19-11-15-23(16-12-19)27-25(29)22-7-5-4-6-8-22/h9-16,22H,4-8,17-18H2,1-3H3,(H,27,29). The van der Waals surface area contributed by atoms with Crippen LogP contribution in [-0.2, 0) is 26.8 Å². The summed E-state index contributed by atoms with van der Waals surface area (Å²) in [5.74, 6) is 0.113. The molecule has 0 aromatic heterocycles. The summed E-state index contributed by atoms with van der Waals surface area (Å²) in [6.07, 6.45) is 5.61. The number of nitrogens with one attached hydrogen (secondary N) is 1. The molecule has 0 spiro atoms. The van der Waals surface area contributed by atoms with Gasteiger partial charge in [0.2, 0.25) is 5.91 Å². The van der Waals surface area contributed by atoms with Gasteiger partial charge in [-0.15, -0.1) is 0 Å². The van der Waals surface area contributed by atoms with Crippen LogP contribution in [0.3, 0.4) is 0 Å². The Morgan fingerprint density at radius 1 is 0.875 bits per heavy atom. The fourth-order valence-electron chi connectivity index (χ4n) is 3.83. The minimum atomic E-state index is -3.27. The highest BCUT2D eigenvalue weighted by Crippen LogP contribution is 2.25. The third-order valence-electron chi connectivity index (χ3n) is 6.13. The Labute approximate surface area is 191 Å². The Balaban J connectivity index is 1.57. The fourth-order valence-corrected chi connectivity index (χ4v) is 4.89. The van der Waals surface area contributed by atoms with Gasteiger partial charge in [0.1, 0.15) is 0 Å². The molecule has 2 aromatic rings. The van der Waals surface area contributed by atoms with E-state index in [4.69, 9.17) is 0 Å². The molecule has 0 unspecified atom stereocenters. The number of carbonyl (C=O) groups is 2. The lowest BCUT2D eigenvalue weighted by Crippen LogP contribution is -2.29. The van der Waals surface area contributed by atoms with Crippen LogP contribution in [0.15, 0.2) is 48.5 Å². The smallest absolute Gasteiger partial charge is 0.227 e. The third-order valence-corrected chi connectivity index (χ3v) is 8.71. The van der Waals surface area contributed by atoms with Crippen LogP contribution in [0.5, 0.6) is 0 Å². The second kappa shape index (κ2) is 9.99. The molecule has 1 amide bonds. The quantitative estimate of drug-likeness (QED) is 0.571. The van der Waals surface area contributed by atoms with Crippen LogP contribution < -0.4 is 5.32 Å². The molecule has 172 valence electrons. The highest BCUT2D eigenvalue weighted by Gasteiger charge is 2.29. The van der Waals surface area contributed by atoms with Gasteiger partial charge in [-0.2, -0.15) is 0 Å². The van der Waals surface area contributed by atoms with E-state index in [2.05, 4.69) is 5.32 Å². The predicted octanol–water partition coefficient (Wildman–Crippen LogP) is 5.34. The Hall–Kier alpha value is -2.47. The molecule has 0 atom stereocenters. The first-order valence-corrected chi connectivity index (χ1v) is 12.9. The Morgan fingerprint density at radius 2 is 1.44 bits per heavy atom. The summed E-state index contributed by atoms with van der Waals surface area (Å²) < 4.78 is 23.9. The average molecular weight is 456 g/mol. The van der Waals surface area contributed by atoms with Crippen molar-refractivity contribution in [1.29, 1.82) is 0 Å². The zero-order valence-electron chi connectivity index (χ0n) is 19.2. The molecule has 3 rings (SSSR count). The molecule has 1 aliphatic carbocycles. The van der Waals surface area contributed by atoms with Crippen LogP contribution in [0.25, 0.3) is 0 Å². The number of hydrogen-bond acceptors (Lipinski definition) is 4. The summed E-state index contributed by atoms with van der Waals surface area (Å²) in [6.45, 7) is 5.06. The maximum atomic E-state index is 12.7. The Kier molecular flexibility index (Phi) is 7.55. The predicted molar refractivity (Wildman–Crippen MR) is 129 cm³/mol. The highest BCUT2D eigenvalue weighted by molar-refractivity contribution is 7.91. The van der Waals surface area contributed by atoms with Crippen molar-refractivity contribution in [3.8, 4) is 0 Å². The molecule has 0 bridgehead atoms. The molecule has 0 heterocycles. The lowest BCUT2D eigenvalue weighted by atomic mass is 9.88. The van der Waals surface area contributed by atoms with E-state index in [-0.39, 0.29) is 29.8 Å². The number of carbonyl (C=O) groups excluding carboxylic acids is 2. The van der Waals surface area contributed by atoms with E-state index in [1.54, 1.807) is 45.0 Å². The topological polar surface area (TPSA) is 80.3 Å². The van der Waals surface area contributed by atoms with E-state index in [0.717, 1.165) is 36.9 Å². The molecule has 1 aliphatic rings. The molecule has 1 saturated carbocycles. The fraction of sp³-hybridized carbons (Fsp3) is 0.462. The summed E-state index contributed by atoms with van der Waals surface area (Å²) >= 11 is 0. The first-order valence-electron chi connectivity index (χ1n) is 11.3. The van der Waals surface area contributed by atoms with Gasteiger partial charge in [-0.25, -0.2) is 8.42 Å². The van der Waals surface area contributed by atoms with Gasteiger partial charge in [0.05, 0.1) is 10.5 Å². The van der Waals surface area contributed by atoms with E-state index in [1.165, 1.54) is 6.42 Å². The summed E-state index contributed by atoms with van der Waals surface area (Å²) in [5, 5.41) is 2.99. The second-order valence-electron chi connectivity index (χ2n) is 9.69. The Morgan fingerprint density at radius 3 is 2.00 bits per heavy atom. The Bertz CT molecular complexity index is 1040. The third kappa shape index (κ3) is 6.28. The van der Waals surface area contributed by atoms with Gasteiger partial charge in [0.15, 0.2) is 15.6 Å². The van der Waals surface area contributed by atoms with Gasteiger partial charge in [-0.05, 0) is 56.9 Å². The van der Waals surface area contributed by atoms with Crippen LogP contribution in [0.2, 0.25) is 0 Å². The number of anilines is 1. The van der Waals surface area contributed by atoms with Crippen molar-refractivity contribution in [1.82, 2.24) is 0 Å². The monoisotopic (exact) mass is 455 g/mol. The van der Waals surface area contributed by atoms with Gasteiger partial charge in [-0.1, -0.05) is 55.7 Å². The van der Waals surface area contributed by atoms with Crippen molar-refractivity contribution in [3.63, 3.8) is 0 Å². The van der Waals surface area contributed by atoms with E-state index >= 15 is 0 Å². The molecular weight excluding hydrogens is 422 g/mol. The number of amides is 1. The van der Waals surface area contributed by atoms with Crippen molar-refractivity contribution in [2.24, 2.45) is 5.92 Å². The van der Waals surface area contributed by atoms with Gasteiger partial charge >= 0.3 is 0 Å². The van der Waals surface area contributed by atoms with Crippen LogP contribution in [0, 0.1) is 5.92 Å². The van der Waals surface area contributed by atoms with Crippen LogP contribution in [0.1, 0.15) is 74.4 Å². The number of benzene rings is 2. The zero-order chi connectivity index (χ0) is 23.4. The zero-order valence-corrected chi connectivity index (χ0v) is 20.0. The lowest BCUT2D eigenvalue weighted by molar-refractivity contribution is -0.120. The van der Waals surface area contributed by atoms with Crippen LogP contribution >= 0.6 is 0 Å². The molecular formula is C26H33NO4S. The van der Waals surface area contributed by atoms with Crippen molar-refractivity contribution >= 4 is 27.2 Å². The summed E-state index contributed by atoms with van der Waals surface area (Å²) in [7, 11) is -3.27. The second-order valence-corrected chi connectivity index (χ2v) is 12.4. The molecule has 0 radical (unpaired) electrons. The van der Waals surface area contributed by atoms with Crippen LogP contribution in [0.4, 0.5) is 5.69 Å². The maximum absolute atomic E-state index is 12.7. The molecule has 5 nitrogen and oxygen atoms in total. The minimum absolute atomic E-state index is 0.0331. The van der Waals surface area contributed by atoms with Gasteiger partial charge in [0, 0.05) is 23.6 Å².